The summed E-state index contributed by atoms with van der Waals surface area (Å²) in [4.78, 5) is 28.1. The van der Waals surface area contributed by atoms with Gasteiger partial charge in [-0.1, -0.05) is 12.1 Å². The molecule has 1 saturated heterocycles. The van der Waals surface area contributed by atoms with E-state index < -0.39 is 0 Å². The van der Waals surface area contributed by atoms with Crippen molar-refractivity contribution in [3.63, 3.8) is 0 Å². The van der Waals surface area contributed by atoms with Crippen molar-refractivity contribution in [1.29, 1.82) is 0 Å². The molecule has 0 saturated carbocycles. The molecule has 0 aromatic heterocycles. The quantitative estimate of drug-likeness (QED) is 0.924. The summed E-state index contributed by atoms with van der Waals surface area (Å²) in [6, 6.07) is 13.7. The van der Waals surface area contributed by atoms with Crippen LogP contribution in [0.25, 0.3) is 0 Å². The van der Waals surface area contributed by atoms with Crippen molar-refractivity contribution in [2.75, 3.05) is 36.4 Å². The maximum Gasteiger partial charge on any atom is 0.253 e. The fourth-order valence-corrected chi connectivity index (χ4v) is 3.21. The largest absolute Gasteiger partial charge is 0.368 e. The van der Waals surface area contributed by atoms with Crippen LogP contribution in [0.2, 0.25) is 0 Å². The summed E-state index contributed by atoms with van der Waals surface area (Å²) in [5.74, 6) is 0.0192. The standard InChI is InChI=1S/C21H25N3O2/c1-15-7-8-18(13-16(15)2)21(26)24-11-9-23(10-12-24)20-6-4-5-19(14-20)22-17(3)25/h4-8,13-14H,9-12H2,1-3H3,(H,22,25). The van der Waals surface area contributed by atoms with E-state index in [0.717, 1.165) is 35.6 Å². The molecule has 0 unspecified atom stereocenters. The van der Waals surface area contributed by atoms with Crippen molar-refractivity contribution in [3.05, 3.63) is 59.2 Å². The smallest absolute Gasteiger partial charge is 0.253 e. The summed E-state index contributed by atoms with van der Waals surface area (Å²) < 4.78 is 0. The number of benzene rings is 2. The lowest BCUT2D eigenvalue weighted by Crippen LogP contribution is -2.48. The van der Waals surface area contributed by atoms with Gasteiger partial charge in [-0.15, -0.1) is 0 Å². The Hall–Kier alpha value is -2.82. The first-order valence-corrected chi connectivity index (χ1v) is 8.93. The van der Waals surface area contributed by atoms with Crippen LogP contribution in [0.5, 0.6) is 0 Å². The van der Waals surface area contributed by atoms with Crippen molar-refractivity contribution in [2.45, 2.75) is 20.8 Å². The van der Waals surface area contributed by atoms with Crippen molar-refractivity contribution < 1.29 is 9.59 Å². The van der Waals surface area contributed by atoms with Gasteiger partial charge >= 0.3 is 0 Å². The summed E-state index contributed by atoms with van der Waals surface area (Å²) in [6.45, 7) is 8.53. The van der Waals surface area contributed by atoms with Gasteiger partial charge in [0, 0.05) is 50.0 Å². The lowest BCUT2D eigenvalue weighted by molar-refractivity contribution is -0.114. The normalized spacial score (nSPS) is 14.3. The van der Waals surface area contributed by atoms with Crippen LogP contribution in [0.4, 0.5) is 11.4 Å². The van der Waals surface area contributed by atoms with Crippen molar-refractivity contribution in [2.24, 2.45) is 0 Å². The van der Waals surface area contributed by atoms with Gasteiger partial charge in [-0.2, -0.15) is 0 Å². The zero-order valence-corrected chi connectivity index (χ0v) is 15.6. The maximum absolute atomic E-state index is 12.7. The van der Waals surface area contributed by atoms with Crippen LogP contribution in [-0.4, -0.2) is 42.9 Å². The summed E-state index contributed by atoms with van der Waals surface area (Å²) in [5.41, 5.74) is 4.96. The Morgan fingerprint density at radius 3 is 2.31 bits per heavy atom. The van der Waals surface area contributed by atoms with Crippen LogP contribution in [0.1, 0.15) is 28.4 Å². The van der Waals surface area contributed by atoms with E-state index in [9.17, 15) is 9.59 Å². The highest BCUT2D eigenvalue weighted by Crippen LogP contribution is 2.22. The minimum absolute atomic E-state index is 0.0778. The van der Waals surface area contributed by atoms with Crippen LogP contribution in [0, 0.1) is 13.8 Å². The molecule has 5 nitrogen and oxygen atoms in total. The number of anilines is 2. The number of carbonyl (C=O) groups is 2. The Morgan fingerprint density at radius 2 is 1.65 bits per heavy atom. The molecule has 1 N–H and O–H groups in total. The minimum atomic E-state index is -0.0778. The van der Waals surface area contributed by atoms with E-state index in [2.05, 4.69) is 17.1 Å². The molecule has 0 atom stereocenters. The van der Waals surface area contributed by atoms with E-state index in [1.807, 2.05) is 54.3 Å². The van der Waals surface area contributed by atoms with E-state index in [1.54, 1.807) is 0 Å². The molecule has 136 valence electrons. The van der Waals surface area contributed by atoms with E-state index in [1.165, 1.54) is 12.5 Å². The summed E-state index contributed by atoms with van der Waals surface area (Å²) in [6.07, 6.45) is 0. The van der Waals surface area contributed by atoms with E-state index >= 15 is 0 Å². The average molecular weight is 351 g/mol. The highest BCUT2D eigenvalue weighted by molar-refractivity contribution is 5.94. The molecule has 0 radical (unpaired) electrons. The summed E-state index contributed by atoms with van der Waals surface area (Å²) in [5, 5.41) is 2.81. The molecule has 0 aliphatic carbocycles. The highest BCUT2D eigenvalue weighted by atomic mass is 16.2. The van der Waals surface area contributed by atoms with Gasteiger partial charge in [0.05, 0.1) is 0 Å². The molecule has 0 spiro atoms. The lowest BCUT2D eigenvalue weighted by Gasteiger charge is -2.36. The van der Waals surface area contributed by atoms with Gasteiger partial charge in [-0.25, -0.2) is 0 Å². The van der Waals surface area contributed by atoms with Crippen molar-refractivity contribution in [1.82, 2.24) is 4.90 Å². The number of aryl methyl sites for hydroxylation is 2. The van der Waals surface area contributed by atoms with Crippen molar-refractivity contribution >= 4 is 23.2 Å². The summed E-state index contributed by atoms with van der Waals surface area (Å²) >= 11 is 0. The average Bonchev–Trinajstić information content (AvgIpc) is 2.63. The van der Waals surface area contributed by atoms with Crippen LogP contribution in [0.15, 0.2) is 42.5 Å². The molecule has 2 aromatic rings. The Bertz CT molecular complexity index is 824. The third-order valence-corrected chi connectivity index (χ3v) is 4.85. The second-order valence-electron chi connectivity index (χ2n) is 6.81. The van der Waals surface area contributed by atoms with Gasteiger partial charge in [0.25, 0.3) is 5.91 Å². The second kappa shape index (κ2) is 7.60. The van der Waals surface area contributed by atoms with Gasteiger partial charge in [0.2, 0.25) is 5.91 Å². The summed E-state index contributed by atoms with van der Waals surface area (Å²) in [7, 11) is 0. The molecule has 0 bridgehead atoms. The molecule has 2 aromatic carbocycles. The third-order valence-electron chi connectivity index (χ3n) is 4.85. The number of carbonyl (C=O) groups excluding carboxylic acids is 2. The predicted molar refractivity (Wildman–Crippen MR) is 105 cm³/mol. The zero-order chi connectivity index (χ0) is 18.7. The number of hydrogen-bond acceptors (Lipinski definition) is 3. The number of nitrogens with zero attached hydrogens (tertiary/aromatic N) is 2. The third kappa shape index (κ3) is 4.04. The van der Waals surface area contributed by atoms with Crippen LogP contribution in [-0.2, 0) is 4.79 Å². The van der Waals surface area contributed by atoms with Gasteiger partial charge in [-0.05, 0) is 55.3 Å². The highest BCUT2D eigenvalue weighted by Gasteiger charge is 2.22. The van der Waals surface area contributed by atoms with Gasteiger partial charge in [-0.3, -0.25) is 9.59 Å². The van der Waals surface area contributed by atoms with Crippen molar-refractivity contribution in [3.8, 4) is 0 Å². The van der Waals surface area contributed by atoms with Gasteiger partial charge in [0.15, 0.2) is 0 Å². The Labute approximate surface area is 154 Å². The van der Waals surface area contributed by atoms with E-state index in [0.29, 0.717) is 13.1 Å². The molecule has 3 rings (SSSR count). The molecular weight excluding hydrogens is 326 g/mol. The first-order chi connectivity index (χ1) is 12.4. The number of nitrogens with one attached hydrogen (secondary N) is 1. The van der Waals surface area contributed by atoms with E-state index in [-0.39, 0.29) is 11.8 Å². The molecule has 1 aliphatic rings. The van der Waals surface area contributed by atoms with Gasteiger partial charge in [0.1, 0.15) is 0 Å². The number of rotatable bonds is 3. The van der Waals surface area contributed by atoms with Gasteiger partial charge < -0.3 is 15.1 Å². The predicted octanol–water partition coefficient (Wildman–Crippen LogP) is 3.22. The molecule has 1 heterocycles. The number of amides is 2. The first-order valence-electron chi connectivity index (χ1n) is 8.93. The zero-order valence-electron chi connectivity index (χ0n) is 15.6. The lowest BCUT2D eigenvalue weighted by atomic mass is 10.1. The Kier molecular flexibility index (Phi) is 5.26. The SMILES string of the molecule is CC(=O)Nc1cccc(N2CCN(C(=O)c3ccc(C)c(C)c3)CC2)c1. The second-order valence-corrected chi connectivity index (χ2v) is 6.81. The number of piperazine rings is 1. The molecule has 1 aliphatic heterocycles. The van der Waals surface area contributed by atoms with Crippen LogP contribution < -0.4 is 10.2 Å². The minimum Gasteiger partial charge on any atom is -0.368 e. The molecule has 5 heteroatoms. The van der Waals surface area contributed by atoms with E-state index in [4.69, 9.17) is 0 Å². The van der Waals surface area contributed by atoms with Crippen LogP contribution in [0.3, 0.4) is 0 Å². The fourth-order valence-electron chi connectivity index (χ4n) is 3.21. The molecule has 1 fully saturated rings. The Morgan fingerprint density at radius 1 is 0.923 bits per heavy atom. The topological polar surface area (TPSA) is 52.7 Å². The Balaban J connectivity index is 1.64. The number of hydrogen-bond donors (Lipinski definition) is 1. The maximum atomic E-state index is 12.7. The van der Waals surface area contributed by atoms with Crippen LogP contribution >= 0.6 is 0 Å². The molecule has 26 heavy (non-hydrogen) atoms. The fraction of sp³-hybridized carbons (Fsp3) is 0.333. The molecule has 2 amide bonds. The monoisotopic (exact) mass is 351 g/mol. The molecular formula is C21H25N3O2. The first kappa shape index (κ1) is 18.0.